The number of aryl methyl sites for hydroxylation is 1. The second-order valence-electron chi connectivity index (χ2n) is 6.35. The van der Waals surface area contributed by atoms with Crippen LogP contribution in [-0.4, -0.2) is 29.1 Å². The molecular formula is C20H21ClN2O2S2. The van der Waals surface area contributed by atoms with Crippen LogP contribution in [0.15, 0.2) is 47.4 Å². The molecule has 0 aliphatic carbocycles. The van der Waals surface area contributed by atoms with E-state index in [1.165, 1.54) is 16.7 Å². The smallest absolute Gasteiger partial charge is 0.234 e. The fourth-order valence-corrected chi connectivity index (χ4v) is 4.82. The number of nitrogens with one attached hydrogen (secondary N) is 2. The molecule has 1 unspecified atom stereocenters. The van der Waals surface area contributed by atoms with Gasteiger partial charge >= 0.3 is 0 Å². The molecule has 0 bridgehead atoms. The number of halogens is 1. The molecule has 2 N–H and O–H groups in total. The van der Waals surface area contributed by atoms with E-state index in [1.807, 2.05) is 49.4 Å². The third kappa shape index (κ3) is 5.92. The van der Waals surface area contributed by atoms with Gasteiger partial charge in [0.05, 0.1) is 17.5 Å². The first-order valence-corrected chi connectivity index (χ1v) is 11.2. The van der Waals surface area contributed by atoms with Gasteiger partial charge in [0.2, 0.25) is 11.8 Å². The number of rotatable bonds is 6. The predicted molar refractivity (Wildman–Crippen MR) is 115 cm³/mol. The molecule has 142 valence electrons. The first kappa shape index (κ1) is 20.1. The summed E-state index contributed by atoms with van der Waals surface area (Å²) >= 11 is 9.20. The minimum absolute atomic E-state index is 0.0193. The molecule has 0 aromatic heterocycles. The van der Waals surface area contributed by atoms with E-state index in [9.17, 15) is 9.59 Å². The maximum absolute atomic E-state index is 12.3. The minimum atomic E-state index is -0.107. The lowest BCUT2D eigenvalue weighted by Gasteiger charge is -2.26. The van der Waals surface area contributed by atoms with Gasteiger partial charge in [0, 0.05) is 21.4 Å². The van der Waals surface area contributed by atoms with E-state index in [0.717, 1.165) is 29.0 Å². The van der Waals surface area contributed by atoms with Crippen LogP contribution in [0.4, 0.5) is 5.69 Å². The van der Waals surface area contributed by atoms with Crippen LogP contribution >= 0.6 is 35.1 Å². The van der Waals surface area contributed by atoms with E-state index in [2.05, 4.69) is 10.6 Å². The van der Waals surface area contributed by atoms with Crippen molar-refractivity contribution in [2.75, 3.05) is 22.6 Å². The molecule has 0 saturated heterocycles. The Kier molecular flexibility index (Phi) is 7.10. The number of amides is 2. The zero-order valence-corrected chi connectivity index (χ0v) is 17.3. The van der Waals surface area contributed by atoms with E-state index in [0.29, 0.717) is 5.02 Å². The van der Waals surface area contributed by atoms with Crippen molar-refractivity contribution in [1.29, 1.82) is 0 Å². The molecule has 1 aliphatic rings. The zero-order valence-electron chi connectivity index (χ0n) is 15.0. The highest BCUT2D eigenvalue weighted by Crippen LogP contribution is 2.37. The average Bonchev–Trinajstić information content (AvgIpc) is 2.62. The molecule has 27 heavy (non-hydrogen) atoms. The lowest BCUT2D eigenvalue weighted by atomic mass is 10.0. The van der Waals surface area contributed by atoms with Crippen molar-refractivity contribution < 1.29 is 9.59 Å². The van der Waals surface area contributed by atoms with Gasteiger partial charge in [0.25, 0.3) is 0 Å². The van der Waals surface area contributed by atoms with Crippen molar-refractivity contribution in [3.8, 4) is 0 Å². The fourth-order valence-electron chi connectivity index (χ4n) is 2.91. The first-order chi connectivity index (χ1) is 13.0. The SMILES string of the molecule is Cc1cccc(NC(=O)CSCC(=O)NC2CCSc3ccc(Cl)cc32)c1. The van der Waals surface area contributed by atoms with Crippen LogP contribution < -0.4 is 10.6 Å². The van der Waals surface area contributed by atoms with Gasteiger partial charge < -0.3 is 10.6 Å². The maximum Gasteiger partial charge on any atom is 0.234 e. The van der Waals surface area contributed by atoms with Crippen molar-refractivity contribution >= 4 is 52.6 Å². The van der Waals surface area contributed by atoms with Gasteiger partial charge in [-0.3, -0.25) is 9.59 Å². The Balaban J connectivity index is 1.45. The summed E-state index contributed by atoms with van der Waals surface area (Å²) in [6.45, 7) is 1.98. The van der Waals surface area contributed by atoms with Crippen LogP contribution in [0, 0.1) is 6.92 Å². The Labute approximate surface area is 172 Å². The van der Waals surface area contributed by atoms with Gasteiger partial charge in [0.1, 0.15) is 0 Å². The molecule has 0 fully saturated rings. The quantitative estimate of drug-likeness (QED) is 0.712. The Morgan fingerprint density at radius 2 is 2.00 bits per heavy atom. The summed E-state index contributed by atoms with van der Waals surface area (Å²) in [5.74, 6) is 1.28. The van der Waals surface area contributed by atoms with Crippen molar-refractivity contribution in [1.82, 2.24) is 5.32 Å². The highest BCUT2D eigenvalue weighted by Gasteiger charge is 2.22. The van der Waals surface area contributed by atoms with Gasteiger partial charge in [-0.05, 0) is 54.8 Å². The van der Waals surface area contributed by atoms with E-state index < -0.39 is 0 Å². The predicted octanol–water partition coefficient (Wildman–Crippen LogP) is 4.67. The average molecular weight is 421 g/mol. The molecule has 0 radical (unpaired) electrons. The van der Waals surface area contributed by atoms with E-state index in [1.54, 1.807) is 11.8 Å². The second-order valence-corrected chi connectivity index (χ2v) is 8.91. The number of carbonyl (C=O) groups excluding carboxylic acids is 2. The van der Waals surface area contributed by atoms with Gasteiger partial charge in [-0.15, -0.1) is 23.5 Å². The molecule has 2 aromatic carbocycles. The largest absolute Gasteiger partial charge is 0.349 e. The molecule has 0 saturated carbocycles. The Hall–Kier alpha value is -1.63. The normalized spacial score (nSPS) is 15.7. The molecule has 7 heteroatoms. The number of hydrogen-bond donors (Lipinski definition) is 2. The Morgan fingerprint density at radius 1 is 1.19 bits per heavy atom. The number of fused-ring (bicyclic) bond motifs is 1. The van der Waals surface area contributed by atoms with Crippen LogP contribution in [0.5, 0.6) is 0 Å². The standard InChI is InChI=1S/C20H21ClN2O2S2/c1-13-3-2-4-15(9-13)22-19(24)11-26-12-20(25)23-17-7-8-27-18-6-5-14(21)10-16(17)18/h2-6,9-10,17H,7-8,11-12H2,1H3,(H,22,24)(H,23,25). The summed E-state index contributed by atoms with van der Waals surface area (Å²) < 4.78 is 0. The van der Waals surface area contributed by atoms with Gasteiger partial charge in [0.15, 0.2) is 0 Å². The summed E-state index contributed by atoms with van der Waals surface area (Å²) in [4.78, 5) is 25.5. The van der Waals surface area contributed by atoms with Crippen LogP contribution in [0.2, 0.25) is 5.02 Å². The number of anilines is 1. The van der Waals surface area contributed by atoms with E-state index in [4.69, 9.17) is 11.6 Å². The first-order valence-electron chi connectivity index (χ1n) is 8.67. The molecular weight excluding hydrogens is 400 g/mol. The molecule has 2 aromatic rings. The highest BCUT2D eigenvalue weighted by atomic mass is 35.5. The number of thioether (sulfide) groups is 2. The molecule has 1 aliphatic heterocycles. The fraction of sp³-hybridized carbons (Fsp3) is 0.300. The van der Waals surface area contributed by atoms with Gasteiger partial charge in [-0.2, -0.15) is 0 Å². The monoisotopic (exact) mass is 420 g/mol. The molecule has 0 spiro atoms. The molecule has 1 heterocycles. The summed E-state index contributed by atoms with van der Waals surface area (Å²) in [7, 11) is 0. The van der Waals surface area contributed by atoms with Crippen molar-refractivity contribution in [3.63, 3.8) is 0 Å². The van der Waals surface area contributed by atoms with E-state index >= 15 is 0 Å². The Morgan fingerprint density at radius 3 is 2.81 bits per heavy atom. The van der Waals surface area contributed by atoms with E-state index in [-0.39, 0.29) is 29.4 Å². The third-order valence-electron chi connectivity index (χ3n) is 4.11. The molecule has 1 atom stereocenters. The molecule has 3 rings (SSSR count). The zero-order chi connectivity index (χ0) is 19.2. The maximum atomic E-state index is 12.3. The Bertz CT molecular complexity index is 844. The minimum Gasteiger partial charge on any atom is -0.349 e. The van der Waals surface area contributed by atoms with Crippen molar-refractivity contribution in [2.45, 2.75) is 24.3 Å². The topological polar surface area (TPSA) is 58.2 Å². The van der Waals surface area contributed by atoms with Crippen molar-refractivity contribution in [3.05, 3.63) is 58.6 Å². The summed E-state index contributed by atoms with van der Waals surface area (Å²) in [5.41, 5.74) is 2.94. The highest BCUT2D eigenvalue weighted by molar-refractivity contribution is 8.00. The molecule has 4 nitrogen and oxygen atoms in total. The lowest BCUT2D eigenvalue weighted by Crippen LogP contribution is -2.32. The molecule has 2 amide bonds. The van der Waals surface area contributed by atoms with Crippen LogP contribution in [0.1, 0.15) is 23.6 Å². The van der Waals surface area contributed by atoms with Crippen LogP contribution in [0.25, 0.3) is 0 Å². The van der Waals surface area contributed by atoms with Crippen molar-refractivity contribution in [2.24, 2.45) is 0 Å². The summed E-state index contributed by atoms with van der Waals surface area (Å²) in [5, 5.41) is 6.60. The lowest BCUT2D eigenvalue weighted by molar-refractivity contribution is -0.119. The van der Waals surface area contributed by atoms with Gasteiger partial charge in [-0.25, -0.2) is 0 Å². The number of carbonyl (C=O) groups is 2. The summed E-state index contributed by atoms with van der Waals surface area (Å²) in [6.07, 6.45) is 0.877. The van der Waals surface area contributed by atoms with Crippen LogP contribution in [0.3, 0.4) is 0 Å². The van der Waals surface area contributed by atoms with Gasteiger partial charge in [-0.1, -0.05) is 23.7 Å². The van der Waals surface area contributed by atoms with Crippen LogP contribution in [-0.2, 0) is 9.59 Å². The second kappa shape index (κ2) is 9.53. The third-order valence-corrected chi connectivity index (χ3v) is 6.41. The number of benzene rings is 2. The number of hydrogen-bond acceptors (Lipinski definition) is 4. The summed E-state index contributed by atoms with van der Waals surface area (Å²) in [6, 6.07) is 13.4.